The van der Waals surface area contributed by atoms with Crippen LogP contribution in [0.5, 0.6) is 0 Å². The van der Waals surface area contributed by atoms with Crippen molar-refractivity contribution in [2.24, 2.45) is 22.8 Å². The Bertz CT molecular complexity index is 686. The number of nitrogens with two attached hydrogens (primary N) is 2. The maximum absolute atomic E-state index is 12.3. The van der Waals surface area contributed by atoms with E-state index in [1.54, 1.807) is 6.92 Å². The van der Waals surface area contributed by atoms with E-state index >= 15 is 0 Å². The molecule has 0 aromatic heterocycles. The molecule has 0 heterocycles. The topological polar surface area (TPSA) is 168 Å². The highest BCUT2D eigenvalue weighted by molar-refractivity contribution is 7.81. The molecule has 1 saturated carbocycles. The second kappa shape index (κ2) is 9.52. The van der Waals surface area contributed by atoms with Crippen LogP contribution in [-0.2, 0) is 33.2 Å². The van der Waals surface area contributed by atoms with E-state index in [1.165, 1.54) is 20.8 Å². The predicted octanol–water partition coefficient (Wildman–Crippen LogP) is 0.582. The van der Waals surface area contributed by atoms with Crippen molar-refractivity contribution < 1.29 is 36.0 Å². The Morgan fingerprint density at radius 2 is 1.68 bits per heavy atom. The van der Waals surface area contributed by atoms with Crippen LogP contribution in [0.15, 0.2) is 0 Å². The van der Waals surface area contributed by atoms with Crippen LogP contribution in [0.4, 0.5) is 4.79 Å². The van der Waals surface area contributed by atoms with Crippen molar-refractivity contribution in [1.29, 1.82) is 0 Å². The molecule has 1 aliphatic carbocycles. The van der Waals surface area contributed by atoms with E-state index in [1.807, 2.05) is 0 Å². The molecule has 1 unspecified atom stereocenters. The summed E-state index contributed by atoms with van der Waals surface area (Å²) >= 11 is 0. The smallest absolute Gasteiger partial charge is 0.421 e. The SMILES string of the molecule is CCOC(=O)C(C)(C)C(C)OS(=O)(=O)ON(C(N)=O)[C@H]1CC[C@H](C(N)=O)CC1. The van der Waals surface area contributed by atoms with Gasteiger partial charge >= 0.3 is 22.4 Å². The van der Waals surface area contributed by atoms with Gasteiger partial charge in [-0.2, -0.15) is 13.5 Å². The molecule has 0 aliphatic heterocycles. The Kier molecular flexibility index (Phi) is 8.20. The maximum Gasteiger partial charge on any atom is 0.421 e. The average molecular weight is 423 g/mol. The number of hydrogen-bond acceptors (Lipinski definition) is 8. The molecule has 162 valence electrons. The van der Waals surface area contributed by atoms with Gasteiger partial charge in [-0.25, -0.2) is 8.98 Å². The highest BCUT2D eigenvalue weighted by Gasteiger charge is 2.41. The molecule has 28 heavy (non-hydrogen) atoms. The molecular weight excluding hydrogens is 394 g/mol. The van der Waals surface area contributed by atoms with Crippen molar-refractivity contribution in [1.82, 2.24) is 5.06 Å². The lowest BCUT2D eigenvalue weighted by atomic mass is 9.85. The largest absolute Gasteiger partial charge is 0.466 e. The summed E-state index contributed by atoms with van der Waals surface area (Å²) in [6.45, 7) is 6.04. The first-order valence-electron chi connectivity index (χ1n) is 8.99. The monoisotopic (exact) mass is 423 g/mol. The minimum atomic E-state index is -4.71. The molecule has 0 aromatic rings. The molecule has 1 atom stereocenters. The third-order valence-corrected chi connectivity index (χ3v) is 5.77. The van der Waals surface area contributed by atoms with Crippen LogP contribution in [0.25, 0.3) is 0 Å². The first kappa shape index (κ1) is 24.1. The number of urea groups is 1. The number of hydroxylamine groups is 2. The average Bonchev–Trinajstić information content (AvgIpc) is 2.59. The van der Waals surface area contributed by atoms with E-state index < -0.39 is 45.9 Å². The summed E-state index contributed by atoms with van der Waals surface area (Å²) in [4.78, 5) is 34.9. The molecule has 0 aromatic carbocycles. The molecule has 0 bridgehead atoms. The van der Waals surface area contributed by atoms with Crippen molar-refractivity contribution in [2.75, 3.05) is 6.61 Å². The van der Waals surface area contributed by atoms with Crippen LogP contribution in [0.3, 0.4) is 0 Å². The fourth-order valence-electron chi connectivity index (χ4n) is 2.77. The first-order chi connectivity index (χ1) is 12.8. The summed E-state index contributed by atoms with van der Waals surface area (Å²) in [5.41, 5.74) is 9.22. The number of primary amides is 2. The van der Waals surface area contributed by atoms with E-state index in [0.717, 1.165) is 0 Å². The first-order valence-corrected chi connectivity index (χ1v) is 10.3. The minimum Gasteiger partial charge on any atom is -0.466 e. The third kappa shape index (κ3) is 6.31. The van der Waals surface area contributed by atoms with Crippen molar-refractivity contribution in [3.8, 4) is 0 Å². The zero-order valence-corrected chi connectivity index (χ0v) is 17.4. The lowest BCUT2D eigenvalue weighted by molar-refractivity contribution is -0.158. The second-order valence-corrected chi connectivity index (χ2v) is 8.39. The van der Waals surface area contributed by atoms with Crippen LogP contribution >= 0.6 is 0 Å². The molecule has 12 heteroatoms. The Morgan fingerprint density at radius 1 is 1.14 bits per heavy atom. The van der Waals surface area contributed by atoms with E-state index in [0.29, 0.717) is 17.9 Å². The van der Waals surface area contributed by atoms with Crippen LogP contribution in [0, 0.1) is 11.3 Å². The molecule has 4 N–H and O–H groups in total. The summed E-state index contributed by atoms with van der Waals surface area (Å²) in [7, 11) is -4.71. The normalized spacial score (nSPS) is 21.6. The Morgan fingerprint density at radius 3 is 2.11 bits per heavy atom. The Balaban J connectivity index is 2.82. The number of esters is 1. The second-order valence-electron chi connectivity index (χ2n) is 7.24. The minimum absolute atomic E-state index is 0.127. The lowest BCUT2D eigenvalue weighted by Gasteiger charge is -2.34. The number of nitrogens with zero attached hydrogens (tertiary/aromatic N) is 1. The maximum atomic E-state index is 12.3. The summed E-state index contributed by atoms with van der Waals surface area (Å²) < 4.78 is 39.2. The number of hydrogen-bond donors (Lipinski definition) is 2. The Hall–Kier alpha value is -1.92. The van der Waals surface area contributed by atoms with Crippen molar-refractivity contribution in [2.45, 2.75) is 65.5 Å². The molecule has 11 nitrogen and oxygen atoms in total. The van der Waals surface area contributed by atoms with Crippen molar-refractivity contribution in [3.63, 3.8) is 0 Å². The zero-order chi connectivity index (χ0) is 21.7. The van der Waals surface area contributed by atoms with Gasteiger partial charge in [-0.1, -0.05) is 0 Å². The number of amides is 3. The van der Waals surface area contributed by atoms with Crippen LogP contribution in [0.1, 0.15) is 53.4 Å². The van der Waals surface area contributed by atoms with Crippen LogP contribution in [0.2, 0.25) is 0 Å². The zero-order valence-electron chi connectivity index (χ0n) is 16.5. The lowest BCUT2D eigenvalue weighted by Crippen LogP contribution is -2.48. The van der Waals surface area contributed by atoms with Gasteiger partial charge in [0, 0.05) is 5.92 Å². The molecule has 3 amide bonds. The molecule has 1 fully saturated rings. The highest BCUT2D eigenvalue weighted by atomic mass is 32.3. The third-order valence-electron chi connectivity index (χ3n) is 4.90. The van der Waals surface area contributed by atoms with Gasteiger partial charge in [-0.05, 0) is 53.4 Å². The summed E-state index contributed by atoms with van der Waals surface area (Å²) in [5.74, 6) is -1.44. The molecular formula is C16H29N3O8S. The molecule has 0 radical (unpaired) electrons. The fourth-order valence-corrected chi connectivity index (χ4v) is 3.79. The van der Waals surface area contributed by atoms with Gasteiger partial charge < -0.3 is 16.2 Å². The summed E-state index contributed by atoms with van der Waals surface area (Å²) in [6.07, 6.45) is 0.184. The van der Waals surface area contributed by atoms with Gasteiger partial charge in [0.25, 0.3) is 0 Å². The molecule has 0 spiro atoms. The number of carbonyl (C=O) groups excluding carboxylic acids is 3. The predicted molar refractivity (Wildman–Crippen MR) is 97.3 cm³/mol. The Labute approximate surface area is 164 Å². The quantitative estimate of drug-likeness (QED) is 0.401. The van der Waals surface area contributed by atoms with Gasteiger partial charge in [0.15, 0.2) is 0 Å². The van der Waals surface area contributed by atoms with E-state index in [4.69, 9.17) is 24.7 Å². The number of ether oxygens (including phenoxy) is 1. The highest BCUT2D eigenvalue weighted by Crippen LogP contribution is 2.30. The van der Waals surface area contributed by atoms with Crippen LogP contribution in [-0.4, -0.2) is 50.1 Å². The standard InChI is InChI=1S/C16H29N3O8S/c1-5-25-14(21)16(3,4)10(2)26-28(23,24)27-19(15(18)22)12-8-6-11(7-9-12)13(17)20/h10-12H,5-9H2,1-4H3,(H2,17,20)(H2,18,22)/t10?,11-,12-. The number of carbonyl (C=O) groups is 3. The number of rotatable bonds is 9. The van der Waals surface area contributed by atoms with E-state index in [-0.39, 0.29) is 25.4 Å². The molecule has 1 aliphatic rings. The molecule has 1 rings (SSSR count). The van der Waals surface area contributed by atoms with Crippen LogP contribution < -0.4 is 11.5 Å². The summed E-state index contributed by atoms with van der Waals surface area (Å²) in [6, 6.07) is -1.77. The van der Waals surface area contributed by atoms with Gasteiger partial charge in [0.2, 0.25) is 5.91 Å². The van der Waals surface area contributed by atoms with Gasteiger partial charge in [0.05, 0.1) is 24.2 Å². The van der Waals surface area contributed by atoms with Crippen molar-refractivity contribution >= 4 is 28.3 Å². The van der Waals surface area contributed by atoms with Gasteiger partial charge in [0.1, 0.15) is 0 Å². The van der Waals surface area contributed by atoms with E-state index in [9.17, 15) is 22.8 Å². The molecule has 0 saturated heterocycles. The van der Waals surface area contributed by atoms with E-state index in [2.05, 4.69) is 0 Å². The van der Waals surface area contributed by atoms with Crippen molar-refractivity contribution in [3.05, 3.63) is 0 Å². The van der Waals surface area contributed by atoms with Gasteiger partial charge in [-0.3, -0.25) is 9.59 Å². The fraction of sp³-hybridized carbons (Fsp3) is 0.812. The summed E-state index contributed by atoms with van der Waals surface area (Å²) in [5, 5.41) is 0.524. The van der Waals surface area contributed by atoms with Gasteiger partial charge in [-0.15, -0.1) is 4.28 Å².